The van der Waals surface area contributed by atoms with Crippen molar-refractivity contribution in [2.45, 2.75) is 37.3 Å². The van der Waals surface area contributed by atoms with Crippen molar-refractivity contribution < 1.29 is 23.4 Å². The van der Waals surface area contributed by atoms with Gasteiger partial charge < -0.3 is 15.2 Å². The molecule has 2 aromatic rings. The third-order valence-corrected chi connectivity index (χ3v) is 4.71. The smallest absolute Gasteiger partial charge is 0.290 e. The number of hydrogen-bond acceptors (Lipinski definition) is 6. The Balaban J connectivity index is 1.79. The summed E-state index contributed by atoms with van der Waals surface area (Å²) in [5, 5.41) is 16.1. The lowest BCUT2D eigenvalue weighted by molar-refractivity contribution is -0.182. The average molecular weight is 365 g/mol. The van der Waals surface area contributed by atoms with Gasteiger partial charge in [-0.15, -0.1) is 0 Å². The predicted octanol–water partition coefficient (Wildman–Crippen LogP) is 0.929. The molecule has 2 aromatic heterocycles. The van der Waals surface area contributed by atoms with Crippen LogP contribution in [0.25, 0.3) is 5.82 Å². The number of aliphatic hydroxyl groups is 1. The van der Waals surface area contributed by atoms with E-state index in [1.165, 1.54) is 18.6 Å². The maximum atomic E-state index is 14.6. The predicted molar refractivity (Wildman–Crippen MR) is 83.8 cm³/mol. The summed E-state index contributed by atoms with van der Waals surface area (Å²) in [4.78, 5) is 20.6. The quantitative estimate of drug-likeness (QED) is 0.836. The maximum absolute atomic E-state index is 14.6. The van der Waals surface area contributed by atoms with E-state index < -0.39 is 24.2 Å². The molecule has 1 amide bonds. The molecule has 3 heterocycles. The third-order valence-electron chi connectivity index (χ3n) is 4.71. The Bertz CT molecular complexity index is 830. The van der Waals surface area contributed by atoms with Crippen LogP contribution in [0.2, 0.25) is 0 Å². The Kier molecular flexibility index (Phi) is 3.96. The number of carbonyl (C=O) groups excluding carboxylic acids is 1. The van der Waals surface area contributed by atoms with E-state index in [4.69, 9.17) is 4.74 Å². The van der Waals surface area contributed by atoms with Crippen LogP contribution >= 0.6 is 0 Å². The second-order valence-electron chi connectivity index (χ2n) is 6.41. The number of fused-ring (bicyclic) bond motifs is 1. The highest BCUT2D eigenvalue weighted by Gasteiger charge is 2.45. The van der Waals surface area contributed by atoms with Crippen molar-refractivity contribution in [3.8, 4) is 5.82 Å². The number of carbonyl (C=O) groups is 1. The van der Waals surface area contributed by atoms with Crippen LogP contribution in [0.4, 0.5) is 8.78 Å². The minimum atomic E-state index is -3.13. The van der Waals surface area contributed by atoms with Crippen molar-refractivity contribution in [3.63, 3.8) is 0 Å². The number of ether oxygens (including phenoxy) is 1. The fourth-order valence-corrected chi connectivity index (χ4v) is 3.29. The normalized spacial score (nSPS) is 23.8. The minimum Gasteiger partial charge on any atom is -0.391 e. The molecule has 2 N–H and O–H groups in total. The van der Waals surface area contributed by atoms with Crippen molar-refractivity contribution >= 4 is 5.91 Å². The molecule has 1 saturated heterocycles. The van der Waals surface area contributed by atoms with Crippen LogP contribution in [0, 0.1) is 0 Å². The molecule has 1 unspecified atom stereocenters. The van der Waals surface area contributed by atoms with Gasteiger partial charge in [0, 0.05) is 30.8 Å². The molecule has 10 heteroatoms. The second-order valence-corrected chi connectivity index (χ2v) is 6.41. The van der Waals surface area contributed by atoms with E-state index >= 15 is 0 Å². The van der Waals surface area contributed by atoms with Gasteiger partial charge in [0.05, 0.1) is 19.4 Å². The molecule has 0 radical (unpaired) electrons. The Morgan fingerprint density at radius 1 is 1.38 bits per heavy atom. The van der Waals surface area contributed by atoms with Crippen molar-refractivity contribution in [1.29, 1.82) is 0 Å². The highest BCUT2D eigenvalue weighted by molar-refractivity contribution is 5.94. The van der Waals surface area contributed by atoms with Crippen LogP contribution in [0.5, 0.6) is 0 Å². The van der Waals surface area contributed by atoms with Gasteiger partial charge >= 0.3 is 0 Å². The molecular formula is C16H17F2N5O3. The van der Waals surface area contributed by atoms with Crippen LogP contribution in [-0.4, -0.2) is 49.7 Å². The summed E-state index contributed by atoms with van der Waals surface area (Å²) in [7, 11) is 0. The molecule has 8 nitrogen and oxygen atoms in total. The highest BCUT2D eigenvalue weighted by atomic mass is 19.3. The van der Waals surface area contributed by atoms with Crippen LogP contribution < -0.4 is 5.32 Å². The van der Waals surface area contributed by atoms with Gasteiger partial charge in [0.1, 0.15) is 5.69 Å². The number of nitrogens with zero attached hydrogens (tertiary/aromatic N) is 4. The van der Waals surface area contributed by atoms with Crippen molar-refractivity contribution in [1.82, 2.24) is 25.1 Å². The van der Waals surface area contributed by atoms with Crippen molar-refractivity contribution in [2.24, 2.45) is 0 Å². The van der Waals surface area contributed by atoms with Gasteiger partial charge in [-0.25, -0.2) is 9.67 Å². The van der Waals surface area contributed by atoms with Gasteiger partial charge in [0.25, 0.3) is 11.8 Å². The fraction of sp³-hybridized carbons (Fsp3) is 0.500. The van der Waals surface area contributed by atoms with Crippen LogP contribution in [0.3, 0.4) is 0 Å². The zero-order valence-electron chi connectivity index (χ0n) is 13.8. The Morgan fingerprint density at radius 2 is 2.19 bits per heavy atom. The van der Waals surface area contributed by atoms with E-state index in [1.807, 2.05) is 0 Å². The van der Waals surface area contributed by atoms with Gasteiger partial charge in [0.2, 0.25) is 0 Å². The van der Waals surface area contributed by atoms with E-state index in [9.17, 15) is 18.7 Å². The van der Waals surface area contributed by atoms with Crippen molar-refractivity contribution in [3.05, 3.63) is 35.5 Å². The highest BCUT2D eigenvalue weighted by Crippen LogP contribution is 2.42. The summed E-state index contributed by atoms with van der Waals surface area (Å²) in [5.74, 6) is -3.67. The Morgan fingerprint density at radius 3 is 2.81 bits per heavy atom. The summed E-state index contributed by atoms with van der Waals surface area (Å²) < 4.78 is 35.4. The molecule has 138 valence electrons. The van der Waals surface area contributed by atoms with E-state index in [1.54, 1.807) is 0 Å². The molecule has 0 bridgehead atoms. The first-order chi connectivity index (χ1) is 12.5. The fourth-order valence-electron chi connectivity index (χ4n) is 3.29. The topological polar surface area (TPSA) is 102 Å². The lowest BCUT2D eigenvalue weighted by Crippen LogP contribution is -2.60. The van der Waals surface area contributed by atoms with E-state index in [0.717, 1.165) is 4.68 Å². The van der Waals surface area contributed by atoms with Gasteiger partial charge in [-0.1, -0.05) is 0 Å². The first-order valence-corrected chi connectivity index (χ1v) is 8.30. The molecule has 1 atom stereocenters. The maximum Gasteiger partial charge on any atom is 0.290 e. The standard InChI is InChI=1S/C16H17F2N5O3/c17-16(18)3-1-2-10-12(14(25)21-15(9-24)4-7-26-15)22-23(13(10)16)11-8-19-5-6-20-11/h5-6,8,24H,1-4,7,9H2,(H,21,25). The molecule has 0 saturated carbocycles. The lowest BCUT2D eigenvalue weighted by Gasteiger charge is -2.40. The molecule has 2 aliphatic rings. The third kappa shape index (κ3) is 2.65. The van der Waals surface area contributed by atoms with E-state index in [0.29, 0.717) is 19.4 Å². The van der Waals surface area contributed by atoms with Crippen LogP contribution in [-0.2, 0) is 17.1 Å². The number of alkyl halides is 2. The van der Waals surface area contributed by atoms with Crippen molar-refractivity contribution in [2.75, 3.05) is 13.2 Å². The lowest BCUT2D eigenvalue weighted by atomic mass is 9.92. The second kappa shape index (κ2) is 6.06. The number of hydrogen-bond donors (Lipinski definition) is 2. The zero-order valence-corrected chi connectivity index (χ0v) is 13.8. The average Bonchev–Trinajstić information content (AvgIpc) is 3.00. The summed E-state index contributed by atoms with van der Waals surface area (Å²) in [6.07, 6.45) is 4.77. The number of aliphatic hydroxyl groups excluding tert-OH is 1. The SMILES string of the molecule is O=C(NC1(CO)CCO1)c1nn(-c2cnccn2)c2c1CCCC2(F)F. The summed E-state index contributed by atoms with van der Waals surface area (Å²) in [6, 6.07) is 0. The van der Waals surface area contributed by atoms with Crippen LogP contribution in [0.1, 0.15) is 41.0 Å². The molecule has 0 aromatic carbocycles. The van der Waals surface area contributed by atoms with E-state index in [2.05, 4.69) is 20.4 Å². The Hall–Kier alpha value is -2.46. The molecular weight excluding hydrogens is 348 g/mol. The monoisotopic (exact) mass is 365 g/mol. The van der Waals surface area contributed by atoms with Crippen LogP contribution in [0.15, 0.2) is 18.6 Å². The molecule has 0 spiro atoms. The first-order valence-electron chi connectivity index (χ1n) is 8.30. The number of amides is 1. The van der Waals surface area contributed by atoms with Gasteiger partial charge in [-0.2, -0.15) is 13.9 Å². The molecule has 4 rings (SSSR count). The summed E-state index contributed by atoms with van der Waals surface area (Å²) >= 11 is 0. The number of aromatic nitrogens is 4. The molecule has 1 aliphatic heterocycles. The summed E-state index contributed by atoms with van der Waals surface area (Å²) in [5.41, 5.74) is -1.41. The molecule has 1 fully saturated rings. The minimum absolute atomic E-state index is 0.103. The largest absolute Gasteiger partial charge is 0.391 e. The van der Waals surface area contributed by atoms with Gasteiger partial charge in [-0.05, 0) is 12.8 Å². The number of halogens is 2. The van der Waals surface area contributed by atoms with Gasteiger partial charge in [0.15, 0.2) is 17.2 Å². The van der Waals surface area contributed by atoms with Gasteiger partial charge in [-0.3, -0.25) is 9.78 Å². The zero-order chi connectivity index (χ0) is 18.4. The Labute approximate surface area is 147 Å². The summed E-state index contributed by atoms with van der Waals surface area (Å²) in [6.45, 7) is 0.00697. The first kappa shape index (κ1) is 17.0. The number of rotatable bonds is 4. The molecule has 26 heavy (non-hydrogen) atoms. The van der Waals surface area contributed by atoms with E-state index in [-0.39, 0.29) is 35.6 Å². The molecule has 1 aliphatic carbocycles. The number of nitrogens with one attached hydrogen (secondary N) is 1.